The van der Waals surface area contributed by atoms with Gasteiger partial charge in [-0.05, 0) is 36.6 Å². The number of benzene rings is 1. The number of nitrogens with one attached hydrogen (secondary N) is 2. The van der Waals surface area contributed by atoms with Crippen molar-refractivity contribution in [1.29, 1.82) is 0 Å². The van der Waals surface area contributed by atoms with Crippen molar-refractivity contribution in [2.75, 3.05) is 5.32 Å². The van der Waals surface area contributed by atoms with E-state index < -0.39 is 22.2 Å². The van der Waals surface area contributed by atoms with Crippen molar-refractivity contribution in [3.63, 3.8) is 0 Å². The lowest BCUT2D eigenvalue weighted by Crippen LogP contribution is -2.44. The van der Waals surface area contributed by atoms with Gasteiger partial charge in [-0.3, -0.25) is 4.79 Å². The van der Waals surface area contributed by atoms with Crippen LogP contribution in [-0.4, -0.2) is 31.6 Å². The molecule has 1 aromatic rings. The second kappa shape index (κ2) is 5.40. The fourth-order valence-electron chi connectivity index (χ4n) is 2.89. The molecule has 114 valence electrons. The lowest BCUT2D eigenvalue weighted by Gasteiger charge is -2.28. The van der Waals surface area contributed by atoms with Crippen molar-refractivity contribution in [2.24, 2.45) is 0 Å². The van der Waals surface area contributed by atoms with Crippen LogP contribution in [0, 0.1) is 0 Å². The summed E-state index contributed by atoms with van der Waals surface area (Å²) in [5.41, 5.74) is 1.35. The van der Waals surface area contributed by atoms with Gasteiger partial charge in [-0.1, -0.05) is 12.8 Å². The summed E-state index contributed by atoms with van der Waals surface area (Å²) < 4.78 is 27.4. The van der Waals surface area contributed by atoms with Crippen molar-refractivity contribution < 1.29 is 18.3 Å². The van der Waals surface area contributed by atoms with E-state index in [1.165, 1.54) is 12.1 Å². The molecular weight excluding hydrogens is 292 g/mol. The van der Waals surface area contributed by atoms with Crippen molar-refractivity contribution >= 4 is 21.6 Å². The summed E-state index contributed by atoms with van der Waals surface area (Å²) in [6.45, 7) is 0. The van der Waals surface area contributed by atoms with Crippen molar-refractivity contribution in [1.82, 2.24) is 4.72 Å². The maximum Gasteiger partial charge on any atom is 0.240 e. The highest BCUT2D eigenvalue weighted by Crippen LogP contribution is 2.26. The van der Waals surface area contributed by atoms with E-state index in [0.29, 0.717) is 24.1 Å². The number of sulfonamides is 1. The monoisotopic (exact) mass is 310 g/mol. The van der Waals surface area contributed by atoms with Crippen LogP contribution < -0.4 is 10.0 Å². The zero-order valence-electron chi connectivity index (χ0n) is 11.5. The maximum absolute atomic E-state index is 12.4. The smallest absolute Gasteiger partial charge is 0.240 e. The number of aliphatic hydroxyl groups excluding tert-OH is 1. The average molecular weight is 310 g/mol. The molecule has 1 fully saturated rings. The standard InChI is InChI=1S/C14H18N2O4S/c17-13-4-2-1-3-12(13)16-21(19,20)10-5-6-11-9(7-10)8-14(18)15-11/h5-7,12-13,16-17H,1-4,8H2,(H,15,18). The third-order valence-electron chi connectivity index (χ3n) is 4.05. The molecule has 1 aliphatic heterocycles. The minimum atomic E-state index is -3.68. The summed E-state index contributed by atoms with van der Waals surface area (Å²) in [4.78, 5) is 11.4. The number of anilines is 1. The predicted octanol–water partition coefficient (Wildman–Crippen LogP) is 0.763. The minimum Gasteiger partial charge on any atom is -0.391 e. The van der Waals surface area contributed by atoms with Crippen molar-refractivity contribution in [2.45, 2.75) is 49.1 Å². The molecule has 3 rings (SSSR count). The third kappa shape index (κ3) is 2.95. The van der Waals surface area contributed by atoms with E-state index in [0.717, 1.165) is 12.8 Å². The van der Waals surface area contributed by atoms with Gasteiger partial charge >= 0.3 is 0 Å². The lowest BCUT2D eigenvalue weighted by atomic mass is 9.93. The maximum atomic E-state index is 12.4. The van der Waals surface area contributed by atoms with Crippen LogP contribution in [0.5, 0.6) is 0 Å². The lowest BCUT2D eigenvalue weighted by molar-refractivity contribution is -0.115. The van der Waals surface area contributed by atoms with Crippen LogP contribution in [0.3, 0.4) is 0 Å². The zero-order chi connectivity index (χ0) is 15.0. The number of carbonyl (C=O) groups is 1. The predicted molar refractivity (Wildman–Crippen MR) is 77.4 cm³/mol. The summed E-state index contributed by atoms with van der Waals surface area (Å²) in [7, 11) is -3.68. The van der Waals surface area contributed by atoms with E-state index >= 15 is 0 Å². The van der Waals surface area contributed by atoms with Gasteiger partial charge in [0.05, 0.1) is 17.4 Å². The van der Waals surface area contributed by atoms with E-state index in [1.54, 1.807) is 6.07 Å². The minimum absolute atomic E-state index is 0.129. The van der Waals surface area contributed by atoms with Gasteiger partial charge in [0.25, 0.3) is 0 Å². The second-order valence-electron chi connectivity index (χ2n) is 5.62. The highest BCUT2D eigenvalue weighted by Gasteiger charge is 2.29. The quantitative estimate of drug-likeness (QED) is 0.768. The highest BCUT2D eigenvalue weighted by atomic mass is 32.2. The van der Waals surface area contributed by atoms with Crippen LogP contribution in [-0.2, 0) is 21.2 Å². The molecule has 3 N–H and O–H groups in total. The number of carbonyl (C=O) groups excluding carboxylic acids is 1. The summed E-state index contributed by atoms with van der Waals surface area (Å²) >= 11 is 0. The molecule has 2 aliphatic rings. The molecule has 1 saturated carbocycles. The van der Waals surface area contributed by atoms with Gasteiger partial charge in [-0.15, -0.1) is 0 Å². The first-order chi connectivity index (χ1) is 9.95. The number of fused-ring (bicyclic) bond motifs is 1. The fourth-order valence-corrected chi connectivity index (χ4v) is 4.24. The molecular formula is C14H18N2O4S. The Morgan fingerprint density at radius 1 is 1.24 bits per heavy atom. The fraction of sp³-hybridized carbons (Fsp3) is 0.500. The van der Waals surface area contributed by atoms with Crippen LogP contribution in [0.25, 0.3) is 0 Å². The summed E-state index contributed by atoms with van der Waals surface area (Å²) in [5, 5.41) is 12.6. The number of amides is 1. The Morgan fingerprint density at radius 3 is 2.76 bits per heavy atom. The largest absolute Gasteiger partial charge is 0.391 e. The summed E-state index contributed by atoms with van der Waals surface area (Å²) in [6, 6.07) is 4.16. The molecule has 0 radical (unpaired) electrons. The zero-order valence-corrected chi connectivity index (χ0v) is 12.3. The molecule has 1 aliphatic carbocycles. The normalized spacial score (nSPS) is 25.5. The first kappa shape index (κ1) is 14.5. The topological polar surface area (TPSA) is 95.5 Å². The molecule has 0 spiro atoms. The Balaban J connectivity index is 1.82. The molecule has 1 aromatic carbocycles. The van der Waals surface area contributed by atoms with E-state index in [9.17, 15) is 18.3 Å². The Morgan fingerprint density at radius 2 is 2.00 bits per heavy atom. The van der Waals surface area contributed by atoms with Gasteiger partial charge in [-0.25, -0.2) is 13.1 Å². The number of rotatable bonds is 3. The van der Waals surface area contributed by atoms with Crippen LogP contribution in [0.1, 0.15) is 31.2 Å². The highest BCUT2D eigenvalue weighted by molar-refractivity contribution is 7.89. The number of hydrogen-bond acceptors (Lipinski definition) is 4. The molecule has 2 atom stereocenters. The van der Waals surface area contributed by atoms with E-state index in [2.05, 4.69) is 10.0 Å². The number of aliphatic hydroxyl groups is 1. The second-order valence-corrected chi connectivity index (χ2v) is 7.34. The molecule has 0 aromatic heterocycles. The van der Waals surface area contributed by atoms with E-state index in [1.807, 2.05) is 0 Å². The van der Waals surface area contributed by atoms with Crippen molar-refractivity contribution in [3.8, 4) is 0 Å². The third-order valence-corrected chi connectivity index (χ3v) is 5.54. The molecule has 2 unspecified atom stereocenters. The van der Waals surface area contributed by atoms with Crippen LogP contribution >= 0.6 is 0 Å². The Bertz CT molecular complexity index is 672. The SMILES string of the molecule is O=C1Cc2cc(S(=O)(=O)NC3CCCCC3O)ccc2N1. The van der Waals surface area contributed by atoms with Gasteiger partial charge in [0.1, 0.15) is 0 Å². The molecule has 7 heteroatoms. The van der Waals surface area contributed by atoms with Crippen LogP contribution in [0.15, 0.2) is 23.1 Å². The Kier molecular flexibility index (Phi) is 3.73. The van der Waals surface area contributed by atoms with Crippen LogP contribution in [0.4, 0.5) is 5.69 Å². The first-order valence-electron chi connectivity index (χ1n) is 7.09. The first-order valence-corrected chi connectivity index (χ1v) is 8.57. The molecule has 21 heavy (non-hydrogen) atoms. The Labute approximate surface area is 123 Å². The van der Waals surface area contributed by atoms with Gasteiger partial charge in [0.15, 0.2) is 0 Å². The molecule has 0 bridgehead atoms. The summed E-state index contributed by atoms with van der Waals surface area (Å²) in [6.07, 6.45) is 2.66. The molecule has 1 amide bonds. The van der Waals surface area contributed by atoms with Gasteiger partial charge in [0, 0.05) is 11.7 Å². The average Bonchev–Trinajstić information content (AvgIpc) is 2.80. The van der Waals surface area contributed by atoms with Gasteiger partial charge in [0.2, 0.25) is 15.9 Å². The molecule has 1 heterocycles. The molecule has 6 nitrogen and oxygen atoms in total. The van der Waals surface area contributed by atoms with E-state index in [4.69, 9.17) is 0 Å². The van der Waals surface area contributed by atoms with Gasteiger partial charge < -0.3 is 10.4 Å². The van der Waals surface area contributed by atoms with Crippen molar-refractivity contribution in [3.05, 3.63) is 23.8 Å². The van der Waals surface area contributed by atoms with Gasteiger partial charge in [-0.2, -0.15) is 0 Å². The number of hydrogen-bond donors (Lipinski definition) is 3. The molecule has 0 saturated heterocycles. The Hall–Kier alpha value is -1.44. The summed E-state index contributed by atoms with van der Waals surface area (Å²) in [5.74, 6) is -0.129. The van der Waals surface area contributed by atoms with Crippen LogP contribution in [0.2, 0.25) is 0 Å². The van der Waals surface area contributed by atoms with E-state index in [-0.39, 0.29) is 17.2 Å².